The number of nitrogens with two attached hydrogens (primary N) is 1. The number of ether oxygens (including phenoxy) is 1. The van der Waals surface area contributed by atoms with Gasteiger partial charge in [-0.15, -0.1) is 23.4 Å². The van der Waals surface area contributed by atoms with Crippen molar-refractivity contribution in [2.75, 3.05) is 46.9 Å². The number of halogens is 1. The van der Waals surface area contributed by atoms with Crippen LogP contribution in [0.15, 0.2) is 0 Å². The number of amides is 2. The fourth-order valence-corrected chi connectivity index (χ4v) is 8.39. The van der Waals surface area contributed by atoms with Crippen LogP contribution >= 0.6 is 23.4 Å². The SMILES string of the molecule is COC1CNC(Cl)CC1C1CC(C)NCC1C(=O)NC1NC2CN(C(=O)C3NN(C)CC3N)CC2S1. The Bertz CT molecular complexity index is 814. The van der Waals surface area contributed by atoms with Crippen LogP contribution in [-0.4, -0.2) is 115 Å². The summed E-state index contributed by atoms with van der Waals surface area (Å²) in [6, 6.07) is -0.0726. The number of fused-ring (bicyclic) bond motifs is 1. The zero-order valence-electron chi connectivity index (χ0n) is 21.3. The van der Waals surface area contributed by atoms with Crippen LogP contribution in [0.25, 0.3) is 0 Å². The predicted molar refractivity (Wildman–Crippen MR) is 140 cm³/mol. The normalized spacial score (nSPS) is 45.6. The van der Waals surface area contributed by atoms with Crippen LogP contribution in [0.5, 0.6) is 0 Å². The van der Waals surface area contributed by atoms with E-state index in [1.165, 1.54) is 0 Å². The van der Waals surface area contributed by atoms with E-state index in [4.69, 9.17) is 22.1 Å². The van der Waals surface area contributed by atoms with E-state index in [-0.39, 0.29) is 70.0 Å². The molecular weight excluding hydrogens is 504 g/mol. The lowest BCUT2D eigenvalue weighted by Crippen LogP contribution is -2.57. The number of hydrazine groups is 1. The number of hydrogen-bond donors (Lipinski definition) is 6. The zero-order chi connectivity index (χ0) is 25.6. The number of nitrogens with one attached hydrogen (secondary N) is 5. The van der Waals surface area contributed by atoms with E-state index in [1.807, 2.05) is 17.0 Å². The highest BCUT2D eigenvalue weighted by Gasteiger charge is 2.48. The number of hydrogen-bond acceptors (Lipinski definition) is 10. The van der Waals surface area contributed by atoms with Crippen molar-refractivity contribution in [2.45, 2.75) is 66.3 Å². The fourth-order valence-electron chi connectivity index (χ4n) is 6.69. The average Bonchev–Trinajstić information content (AvgIpc) is 3.50. The lowest BCUT2D eigenvalue weighted by atomic mass is 9.70. The number of alkyl halides is 1. The smallest absolute Gasteiger partial charge is 0.242 e. The van der Waals surface area contributed by atoms with Crippen molar-refractivity contribution < 1.29 is 14.3 Å². The molecule has 5 heterocycles. The van der Waals surface area contributed by atoms with Crippen LogP contribution in [-0.2, 0) is 14.3 Å². The molecule has 5 aliphatic rings. The summed E-state index contributed by atoms with van der Waals surface area (Å²) >= 11 is 8.17. The van der Waals surface area contributed by atoms with Gasteiger partial charge in [0.2, 0.25) is 11.8 Å². The molecule has 0 saturated carbocycles. The highest BCUT2D eigenvalue weighted by molar-refractivity contribution is 8.00. The van der Waals surface area contributed by atoms with Gasteiger partial charge in [-0.2, -0.15) is 0 Å². The summed E-state index contributed by atoms with van der Waals surface area (Å²) in [5.41, 5.74) is 9.07. The van der Waals surface area contributed by atoms with Crippen LogP contribution in [0.2, 0.25) is 0 Å². The van der Waals surface area contributed by atoms with Crippen molar-refractivity contribution in [3.05, 3.63) is 0 Å². The number of nitrogens with zero attached hydrogens (tertiary/aromatic N) is 2. The minimum Gasteiger partial charge on any atom is -0.380 e. The number of methoxy groups -OCH3 is 1. The quantitative estimate of drug-likeness (QED) is 0.175. The fraction of sp³-hybridized carbons (Fsp3) is 0.913. The van der Waals surface area contributed by atoms with E-state index >= 15 is 0 Å². The molecule has 0 spiro atoms. The minimum absolute atomic E-state index is 0.0507. The van der Waals surface area contributed by atoms with Gasteiger partial charge < -0.3 is 26.0 Å². The molecule has 11 nitrogen and oxygen atoms in total. The van der Waals surface area contributed by atoms with Gasteiger partial charge in [0, 0.05) is 70.3 Å². The Morgan fingerprint density at radius 2 is 1.94 bits per heavy atom. The lowest BCUT2D eigenvalue weighted by molar-refractivity contribution is -0.133. The monoisotopic (exact) mass is 544 g/mol. The molecule has 11 atom stereocenters. The second-order valence-electron chi connectivity index (χ2n) is 11.1. The number of thioether (sulfide) groups is 1. The van der Waals surface area contributed by atoms with Crippen LogP contribution in [0.1, 0.15) is 19.8 Å². The molecule has 5 aliphatic heterocycles. The molecular formula is C23H41ClN8O3S. The van der Waals surface area contributed by atoms with Gasteiger partial charge >= 0.3 is 0 Å². The summed E-state index contributed by atoms with van der Waals surface area (Å²) < 4.78 is 5.79. The first kappa shape index (κ1) is 26.9. The molecule has 5 fully saturated rings. The third kappa shape index (κ3) is 5.52. The van der Waals surface area contributed by atoms with Crippen molar-refractivity contribution in [1.82, 2.24) is 36.6 Å². The summed E-state index contributed by atoms with van der Waals surface area (Å²) in [7, 11) is 3.65. The molecule has 13 heteroatoms. The number of carbonyl (C=O) groups excluding carboxylic acids is 2. The Morgan fingerprint density at radius 3 is 2.64 bits per heavy atom. The Morgan fingerprint density at radius 1 is 1.14 bits per heavy atom. The molecule has 0 aromatic heterocycles. The molecule has 11 unspecified atom stereocenters. The Labute approximate surface area is 222 Å². The van der Waals surface area contributed by atoms with Gasteiger partial charge in [-0.25, -0.2) is 10.4 Å². The van der Waals surface area contributed by atoms with Crippen LogP contribution in [0.4, 0.5) is 0 Å². The number of carbonyl (C=O) groups is 2. The van der Waals surface area contributed by atoms with E-state index in [0.29, 0.717) is 38.8 Å². The van der Waals surface area contributed by atoms with Crippen molar-refractivity contribution in [2.24, 2.45) is 23.5 Å². The Hall–Kier alpha value is -0.700. The van der Waals surface area contributed by atoms with Crippen LogP contribution < -0.4 is 32.4 Å². The maximum absolute atomic E-state index is 13.5. The molecule has 0 aromatic rings. The van der Waals surface area contributed by atoms with Gasteiger partial charge in [-0.1, -0.05) is 0 Å². The molecule has 2 amide bonds. The van der Waals surface area contributed by atoms with Crippen molar-refractivity contribution in [3.63, 3.8) is 0 Å². The standard InChI is InChI=1S/C23H41ClN8O3S/c1-11-4-12(13-5-19(24)27-7-17(13)35-3)14(6-26-11)21(33)29-23-28-16-9-32(10-18(16)36-23)22(34)20-15(25)8-31(2)30-20/h11-20,23,26-28,30H,4-10,25H2,1-3H3,(H,29,33). The first-order valence-electron chi connectivity index (χ1n) is 13.1. The van der Waals surface area contributed by atoms with Gasteiger partial charge in [0.15, 0.2) is 0 Å². The molecule has 204 valence electrons. The molecule has 0 aromatic carbocycles. The summed E-state index contributed by atoms with van der Waals surface area (Å²) in [6.45, 7) is 5.48. The van der Waals surface area contributed by atoms with Gasteiger partial charge in [0.05, 0.1) is 17.5 Å². The minimum atomic E-state index is -0.369. The van der Waals surface area contributed by atoms with Gasteiger partial charge in [0.1, 0.15) is 11.5 Å². The molecule has 0 radical (unpaired) electrons. The third-order valence-electron chi connectivity index (χ3n) is 8.58. The van der Waals surface area contributed by atoms with Crippen LogP contribution in [0.3, 0.4) is 0 Å². The second kappa shape index (κ2) is 11.2. The topological polar surface area (TPSA) is 136 Å². The van der Waals surface area contributed by atoms with Crippen molar-refractivity contribution in [1.29, 1.82) is 0 Å². The molecule has 5 saturated heterocycles. The average molecular weight is 545 g/mol. The first-order chi connectivity index (χ1) is 17.2. The molecule has 36 heavy (non-hydrogen) atoms. The van der Waals surface area contributed by atoms with Gasteiger partial charge in [-0.3, -0.25) is 20.2 Å². The summed E-state index contributed by atoms with van der Waals surface area (Å²) in [6.07, 6.45) is 1.77. The highest BCUT2D eigenvalue weighted by Crippen LogP contribution is 2.38. The number of rotatable bonds is 5. The highest BCUT2D eigenvalue weighted by atomic mass is 35.5. The van der Waals surface area contributed by atoms with E-state index in [1.54, 1.807) is 18.9 Å². The largest absolute Gasteiger partial charge is 0.380 e. The first-order valence-corrected chi connectivity index (χ1v) is 14.5. The zero-order valence-corrected chi connectivity index (χ0v) is 22.9. The summed E-state index contributed by atoms with van der Waals surface area (Å²) in [5.74, 6) is 0.424. The van der Waals surface area contributed by atoms with Crippen LogP contribution in [0, 0.1) is 17.8 Å². The Kier molecular flexibility index (Phi) is 8.36. The predicted octanol–water partition coefficient (Wildman–Crippen LogP) is -1.75. The third-order valence-corrected chi connectivity index (χ3v) is 10.3. The van der Waals surface area contributed by atoms with Gasteiger partial charge in [-0.05, 0) is 31.6 Å². The molecule has 0 aliphatic carbocycles. The lowest BCUT2D eigenvalue weighted by Gasteiger charge is -2.45. The van der Waals surface area contributed by atoms with Crippen molar-refractivity contribution in [3.8, 4) is 0 Å². The molecule has 0 bridgehead atoms. The molecule has 7 N–H and O–H groups in total. The Balaban J connectivity index is 1.17. The molecule has 5 rings (SSSR count). The summed E-state index contributed by atoms with van der Waals surface area (Å²) in [4.78, 5) is 28.4. The summed E-state index contributed by atoms with van der Waals surface area (Å²) in [5, 5.41) is 15.7. The maximum atomic E-state index is 13.5. The van der Waals surface area contributed by atoms with E-state index in [2.05, 4.69) is 33.6 Å². The van der Waals surface area contributed by atoms with E-state index in [0.717, 1.165) is 12.8 Å². The number of piperidine rings is 2. The second-order valence-corrected chi connectivity index (χ2v) is 13.0. The number of likely N-dealkylation sites (N-methyl/N-ethyl adjacent to an activating group) is 1. The van der Waals surface area contributed by atoms with Crippen molar-refractivity contribution >= 4 is 35.2 Å². The van der Waals surface area contributed by atoms with E-state index < -0.39 is 0 Å². The van der Waals surface area contributed by atoms with Gasteiger partial charge in [0.25, 0.3) is 0 Å². The van der Waals surface area contributed by atoms with E-state index in [9.17, 15) is 9.59 Å². The maximum Gasteiger partial charge on any atom is 0.242 e. The number of likely N-dealkylation sites (tertiary alicyclic amines) is 1.